The summed E-state index contributed by atoms with van der Waals surface area (Å²) in [5.74, 6) is 1.90. The lowest BCUT2D eigenvalue weighted by molar-refractivity contribution is 0.200. The van der Waals surface area contributed by atoms with Gasteiger partial charge in [-0.05, 0) is 48.7 Å². The molecule has 1 amide bonds. The third-order valence-electron chi connectivity index (χ3n) is 3.46. The van der Waals surface area contributed by atoms with E-state index in [2.05, 4.69) is 5.32 Å². The van der Waals surface area contributed by atoms with Crippen LogP contribution in [0.15, 0.2) is 42.5 Å². The first-order chi connectivity index (χ1) is 11.1. The first-order valence-corrected chi connectivity index (χ1v) is 7.36. The summed E-state index contributed by atoms with van der Waals surface area (Å²) in [4.78, 5) is 11.7. The second-order valence-electron chi connectivity index (χ2n) is 5.01. The molecule has 0 saturated carbocycles. The number of rotatable bonds is 6. The molecule has 0 aliphatic carbocycles. The summed E-state index contributed by atoms with van der Waals surface area (Å²) in [6.45, 7) is 2.47. The van der Waals surface area contributed by atoms with E-state index in [1.54, 1.807) is 26.4 Å². The Hall–Kier alpha value is -2.69. The van der Waals surface area contributed by atoms with Crippen LogP contribution < -0.4 is 19.5 Å². The van der Waals surface area contributed by atoms with Crippen LogP contribution >= 0.6 is 0 Å². The van der Waals surface area contributed by atoms with Gasteiger partial charge in [-0.1, -0.05) is 18.2 Å². The van der Waals surface area contributed by atoms with Crippen LogP contribution in [-0.4, -0.2) is 26.9 Å². The Morgan fingerprint density at radius 2 is 1.70 bits per heavy atom. The van der Waals surface area contributed by atoms with Crippen molar-refractivity contribution in [2.75, 3.05) is 20.8 Å². The first kappa shape index (κ1) is 16.7. The van der Waals surface area contributed by atoms with Crippen LogP contribution in [0.25, 0.3) is 0 Å². The molecule has 0 bridgehead atoms. The van der Waals surface area contributed by atoms with Crippen molar-refractivity contribution in [3.8, 4) is 17.2 Å². The van der Waals surface area contributed by atoms with Crippen LogP contribution in [0.3, 0.4) is 0 Å². The highest BCUT2D eigenvalue weighted by Gasteiger charge is 2.09. The molecule has 0 spiro atoms. The number of methoxy groups -OCH3 is 2. The Morgan fingerprint density at radius 1 is 1.04 bits per heavy atom. The van der Waals surface area contributed by atoms with Gasteiger partial charge in [0.25, 0.3) is 0 Å². The monoisotopic (exact) mass is 315 g/mol. The lowest BCUT2D eigenvalue weighted by Gasteiger charge is -2.13. The van der Waals surface area contributed by atoms with Gasteiger partial charge < -0.3 is 19.5 Å². The molecule has 0 heterocycles. The molecule has 0 aliphatic rings. The normalized spacial score (nSPS) is 10.0. The standard InChI is InChI=1S/C18H21NO4/c1-13-11-16(21-2)17(22-3)12-14(13)9-10-19-18(20)23-15-7-5-4-6-8-15/h4-8,11-12H,9-10H2,1-3H3,(H,19,20). The molecule has 0 fully saturated rings. The lowest BCUT2D eigenvalue weighted by Crippen LogP contribution is -2.28. The highest BCUT2D eigenvalue weighted by molar-refractivity contribution is 5.70. The van der Waals surface area contributed by atoms with Gasteiger partial charge in [0.15, 0.2) is 11.5 Å². The molecule has 5 nitrogen and oxygen atoms in total. The van der Waals surface area contributed by atoms with Gasteiger partial charge >= 0.3 is 6.09 Å². The van der Waals surface area contributed by atoms with Gasteiger partial charge in [-0.3, -0.25) is 0 Å². The summed E-state index contributed by atoms with van der Waals surface area (Å²) in [6, 6.07) is 12.8. The maximum Gasteiger partial charge on any atom is 0.412 e. The van der Waals surface area contributed by atoms with Crippen molar-refractivity contribution < 1.29 is 19.0 Å². The Labute approximate surface area is 136 Å². The fourth-order valence-electron chi connectivity index (χ4n) is 2.22. The van der Waals surface area contributed by atoms with Crippen LogP contribution in [0, 0.1) is 6.92 Å². The number of ether oxygens (including phenoxy) is 3. The van der Waals surface area contributed by atoms with Crippen molar-refractivity contribution in [3.63, 3.8) is 0 Å². The third-order valence-corrected chi connectivity index (χ3v) is 3.46. The molecule has 2 rings (SSSR count). The fraction of sp³-hybridized carbons (Fsp3) is 0.278. The molecule has 0 radical (unpaired) electrons. The molecule has 122 valence electrons. The lowest BCUT2D eigenvalue weighted by atomic mass is 10.0. The Bertz CT molecular complexity index is 656. The zero-order valence-electron chi connectivity index (χ0n) is 13.6. The van der Waals surface area contributed by atoms with Gasteiger partial charge in [-0.15, -0.1) is 0 Å². The highest BCUT2D eigenvalue weighted by Crippen LogP contribution is 2.30. The number of nitrogens with one attached hydrogen (secondary N) is 1. The molecule has 0 aliphatic heterocycles. The van der Waals surface area contributed by atoms with Gasteiger partial charge in [0.2, 0.25) is 0 Å². The molecule has 5 heteroatoms. The van der Waals surface area contributed by atoms with Crippen molar-refractivity contribution in [3.05, 3.63) is 53.6 Å². The first-order valence-electron chi connectivity index (χ1n) is 7.36. The average Bonchev–Trinajstić information content (AvgIpc) is 2.56. The summed E-state index contributed by atoms with van der Waals surface area (Å²) in [5, 5.41) is 2.74. The molecule has 0 saturated heterocycles. The predicted octanol–water partition coefficient (Wildman–Crippen LogP) is 3.34. The summed E-state index contributed by atoms with van der Waals surface area (Å²) >= 11 is 0. The van der Waals surface area contributed by atoms with Crippen LogP contribution in [-0.2, 0) is 6.42 Å². The second kappa shape index (κ2) is 8.08. The molecule has 2 aromatic rings. The van der Waals surface area contributed by atoms with Crippen molar-refractivity contribution >= 4 is 6.09 Å². The molecule has 23 heavy (non-hydrogen) atoms. The van der Waals surface area contributed by atoms with Crippen molar-refractivity contribution in [2.45, 2.75) is 13.3 Å². The molecule has 0 aromatic heterocycles. The number of hydrogen-bond donors (Lipinski definition) is 1. The number of carbonyl (C=O) groups is 1. The highest BCUT2D eigenvalue weighted by atomic mass is 16.6. The summed E-state index contributed by atoms with van der Waals surface area (Å²) < 4.78 is 15.7. The fourth-order valence-corrected chi connectivity index (χ4v) is 2.22. The molecule has 0 unspecified atom stereocenters. The van der Waals surface area contributed by atoms with E-state index in [0.717, 1.165) is 11.1 Å². The SMILES string of the molecule is COc1cc(C)c(CCNC(=O)Oc2ccccc2)cc1OC. The number of hydrogen-bond acceptors (Lipinski definition) is 4. The van der Waals surface area contributed by atoms with Gasteiger partial charge in [0, 0.05) is 6.54 Å². The summed E-state index contributed by atoms with van der Waals surface area (Å²) in [6.07, 6.45) is 0.213. The van der Waals surface area contributed by atoms with Gasteiger partial charge in [-0.25, -0.2) is 4.79 Å². The number of aryl methyl sites for hydroxylation is 1. The molecular formula is C18H21NO4. The zero-order chi connectivity index (χ0) is 16.7. The maximum atomic E-state index is 11.7. The van der Waals surface area contributed by atoms with Crippen LogP contribution in [0.2, 0.25) is 0 Å². The minimum atomic E-state index is -0.464. The minimum absolute atomic E-state index is 0.464. The van der Waals surface area contributed by atoms with E-state index in [1.165, 1.54) is 0 Å². The van der Waals surface area contributed by atoms with E-state index >= 15 is 0 Å². The average molecular weight is 315 g/mol. The van der Waals surface area contributed by atoms with Gasteiger partial charge in [0.1, 0.15) is 5.75 Å². The summed E-state index contributed by atoms with van der Waals surface area (Å²) in [7, 11) is 3.21. The van der Waals surface area contributed by atoms with E-state index in [1.807, 2.05) is 37.3 Å². The second-order valence-corrected chi connectivity index (χ2v) is 5.01. The Morgan fingerprint density at radius 3 is 2.35 bits per heavy atom. The van der Waals surface area contributed by atoms with Crippen LogP contribution in [0.1, 0.15) is 11.1 Å². The quantitative estimate of drug-likeness (QED) is 0.888. The molecular weight excluding hydrogens is 294 g/mol. The number of amides is 1. The molecule has 1 N–H and O–H groups in total. The topological polar surface area (TPSA) is 56.8 Å². The smallest absolute Gasteiger partial charge is 0.412 e. The van der Waals surface area contributed by atoms with E-state index in [0.29, 0.717) is 30.2 Å². The van der Waals surface area contributed by atoms with Crippen LogP contribution in [0.5, 0.6) is 17.2 Å². The van der Waals surface area contributed by atoms with Crippen molar-refractivity contribution in [2.24, 2.45) is 0 Å². The molecule has 0 atom stereocenters. The predicted molar refractivity (Wildman–Crippen MR) is 88.5 cm³/mol. The van der Waals surface area contributed by atoms with Gasteiger partial charge in [-0.2, -0.15) is 0 Å². The summed E-state index contributed by atoms with van der Waals surface area (Å²) in [5.41, 5.74) is 2.17. The van der Waals surface area contributed by atoms with Crippen molar-refractivity contribution in [1.82, 2.24) is 5.32 Å². The molecule has 2 aromatic carbocycles. The number of benzene rings is 2. The third kappa shape index (κ3) is 4.64. The zero-order valence-corrected chi connectivity index (χ0v) is 13.6. The van der Waals surface area contributed by atoms with E-state index in [4.69, 9.17) is 14.2 Å². The van der Waals surface area contributed by atoms with Crippen LogP contribution in [0.4, 0.5) is 4.79 Å². The number of para-hydroxylation sites is 1. The minimum Gasteiger partial charge on any atom is -0.493 e. The van der Waals surface area contributed by atoms with E-state index in [9.17, 15) is 4.79 Å². The van der Waals surface area contributed by atoms with Crippen molar-refractivity contribution in [1.29, 1.82) is 0 Å². The largest absolute Gasteiger partial charge is 0.493 e. The maximum absolute atomic E-state index is 11.7. The Kier molecular flexibility index (Phi) is 5.86. The van der Waals surface area contributed by atoms with E-state index < -0.39 is 6.09 Å². The van der Waals surface area contributed by atoms with Gasteiger partial charge in [0.05, 0.1) is 14.2 Å². The number of carbonyl (C=O) groups excluding carboxylic acids is 1. The van der Waals surface area contributed by atoms with E-state index in [-0.39, 0.29) is 0 Å². The Balaban J connectivity index is 1.90.